The van der Waals surface area contributed by atoms with Gasteiger partial charge in [-0.1, -0.05) is 102 Å². The van der Waals surface area contributed by atoms with Gasteiger partial charge in [-0.15, -0.1) is 0 Å². The fourth-order valence-corrected chi connectivity index (χ4v) is 7.94. The van der Waals surface area contributed by atoms with Gasteiger partial charge in [0, 0.05) is 34.1 Å². The zero-order valence-electron chi connectivity index (χ0n) is 42.2. The number of benzene rings is 7. The molecule has 0 radical (unpaired) electrons. The number of ether oxygens (including phenoxy) is 4. The van der Waals surface area contributed by atoms with E-state index in [1.807, 2.05) is 72.8 Å². The Balaban J connectivity index is 1.08. The number of rotatable bonds is 26. The molecule has 8 nitrogen and oxygen atoms in total. The highest BCUT2D eigenvalue weighted by atomic mass is 16.5. The van der Waals surface area contributed by atoms with Crippen molar-refractivity contribution in [2.75, 3.05) is 36.2 Å². The summed E-state index contributed by atoms with van der Waals surface area (Å²) in [5, 5.41) is 20.6. The Hall–Kier alpha value is -8.20. The van der Waals surface area contributed by atoms with E-state index < -0.39 is 0 Å². The predicted octanol–water partition coefficient (Wildman–Crippen LogP) is 17.4. The normalized spacial score (nSPS) is 11.0. The van der Waals surface area contributed by atoms with Gasteiger partial charge in [-0.2, -0.15) is 10.5 Å². The van der Waals surface area contributed by atoms with Crippen molar-refractivity contribution in [1.82, 2.24) is 0 Å². The van der Waals surface area contributed by atoms with Gasteiger partial charge in [-0.05, 0) is 181 Å². The molecule has 0 saturated carbocycles. The number of anilines is 6. The first-order valence-corrected chi connectivity index (χ1v) is 25.5. The molecule has 7 aromatic carbocycles. The van der Waals surface area contributed by atoms with Crippen LogP contribution in [-0.2, 0) is 0 Å². The van der Waals surface area contributed by atoms with E-state index in [0.717, 1.165) is 120 Å². The molecular weight excluding hydrogens is 889 g/mol. The fourth-order valence-electron chi connectivity index (χ4n) is 7.94. The van der Waals surface area contributed by atoms with E-state index in [1.54, 1.807) is 12.1 Å². The van der Waals surface area contributed by atoms with Gasteiger partial charge in [0.05, 0.1) is 49.7 Å². The molecule has 0 amide bonds. The van der Waals surface area contributed by atoms with E-state index >= 15 is 0 Å². The van der Waals surface area contributed by atoms with Gasteiger partial charge in [-0.3, -0.25) is 0 Å². The molecule has 7 rings (SSSR count). The zero-order chi connectivity index (χ0) is 50.3. The van der Waals surface area contributed by atoms with Crippen LogP contribution in [-0.4, -0.2) is 26.4 Å². The molecule has 7 aromatic rings. The summed E-state index contributed by atoms with van der Waals surface area (Å²) in [7, 11) is 0. The minimum Gasteiger partial charge on any atom is -0.494 e. The van der Waals surface area contributed by atoms with E-state index in [9.17, 15) is 10.5 Å². The van der Waals surface area contributed by atoms with E-state index in [2.05, 4.69) is 147 Å². The number of nitriles is 2. The number of hydrogen-bond donors (Lipinski definition) is 0. The molecule has 0 aromatic heterocycles. The van der Waals surface area contributed by atoms with Crippen molar-refractivity contribution in [3.8, 4) is 35.1 Å². The van der Waals surface area contributed by atoms with Crippen LogP contribution < -0.4 is 28.7 Å². The van der Waals surface area contributed by atoms with Crippen LogP contribution in [0.2, 0.25) is 0 Å². The third-order valence-electron chi connectivity index (χ3n) is 12.1. The Morgan fingerprint density at radius 1 is 0.347 bits per heavy atom. The smallest absolute Gasteiger partial charge is 0.119 e. The summed E-state index contributed by atoms with van der Waals surface area (Å²) in [5.41, 5.74) is 10.2. The molecule has 0 fully saturated rings. The Kier molecular flexibility index (Phi) is 19.6. The number of hydrogen-bond acceptors (Lipinski definition) is 8. The van der Waals surface area contributed by atoms with Crippen molar-refractivity contribution in [3.05, 3.63) is 191 Å². The summed E-state index contributed by atoms with van der Waals surface area (Å²) in [5.74, 6) is 3.39. The molecule has 0 aliphatic rings. The zero-order valence-corrected chi connectivity index (χ0v) is 42.2. The van der Waals surface area contributed by atoms with E-state index in [-0.39, 0.29) is 0 Å². The molecular formula is C64H66N4O4. The molecule has 0 bridgehead atoms. The van der Waals surface area contributed by atoms with Gasteiger partial charge in [0.25, 0.3) is 0 Å². The van der Waals surface area contributed by atoms with Crippen LogP contribution in [0.1, 0.15) is 112 Å². The highest BCUT2D eigenvalue weighted by Gasteiger charge is 2.16. The van der Waals surface area contributed by atoms with E-state index in [1.165, 1.54) is 0 Å². The molecule has 0 atom stereocenters. The lowest BCUT2D eigenvalue weighted by atomic mass is 9.97. The van der Waals surface area contributed by atoms with Crippen molar-refractivity contribution in [3.63, 3.8) is 0 Å². The van der Waals surface area contributed by atoms with Crippen LogP contribution >= 0.6 is 0 Å². The maximum atomic E-state index is 10.3. The Labute approximate surface area is 427 Å². The van der Waals surface area contributed by atoms with Crippen LogP contribution in [0.25, 0.3) is 24.3 Å². The highest BCUT2D eigenvalue weighted by Crippen LogP contribution is 2.38. The van der Waals surface area contributed by atoms with Crippen molar-refractivity contribution in [2.24, 2.45) is 0 Å². The lowest BCUT2D eigenvalue weighted by Crippen LogP contribution is -2.10. The van der Waals surface area contributed by atoms with Crippen molar-refractivity contribution >= 4 is 58.4 Å². The minimum atomic E-state index is 0.478. The Bertz CT molecular complexity index is 2590. The highest BCUT2D eigenvalue weighted by molar-refractivity contribution is 5.82. The van der Waals surface area contributed by atoms with Crippen molar-refractivity contribution < 1.29 is 18.9 Å². The number of nitrogens with zero attached hydrogens (tertiary/aromatic N) is 4. The molecule has 72 heavy (non-hydrogen) atoms. The molecule has 366 valence electrons. The summed E-state index contributed by atoms with van der Waals surface area (Å²) < 4.78 is 23.9. The third kappa shape index (κ3) is 14.4. The topological polar surface area (TPSA) is 91.0 Å². The summed E-state index contributed by atoms with van der Waals surface area (Å²) in [4.78, 5) is 4.41. The summed E-state index contributed by atoms with van der Waals surface area (Å²) in [6.45, 7) is 11.4. The monoisotopic (exact) mass is 955 g/mol. The van der Waals surface area contributed by atoms with Crippen LogP contribution in [0.15, 0.2) is 158 Å². The van der Waals surface area contributed by atoms with Crippen molar-refractivity contribution in [2.45, 2.75) is 79.1 Å². The molecule has 0 aliphatic carbocycles. The molecule has 0 heterocycles. The first-order chi connectivity index (χ1) is 35.4. The van der Waals surface area contributed by atoms with E-state index in [4.69, 9.17) is 18.9 Å². The average molecular weight is 955 g/mol. The maximum Gasteiger partial charge on any atom is 0.119 e. The second-order valence-electron chi connectivity index (χ2n) is 17.6. The largest absolute Gasteiger partial charge is 0.494 e. The standard InChI is InChI=1S/C64H66N4O4/c1-5-9-41-69-61-33-25-57(26-34-61)67(58-27-35-62(36-28-58)70-42-10-6-2)55-21-15-49(16-22-55)13-19-51-45-54(48-66)52(46-53(51)47-65)20-14-50-17-23-56(24-18-50)68(59-29-37-63(38-30-59)71-43-11-7-3)60-31-39-64(40-32-60)72-44-12-8-4/h13-40,45-46H,5-12,41-44H2,1-4H3/b19-13+,20-14+. The van der Waals surface area contributed by atoms with Crippen LogP contribution in [0.5, 0.6) is 23.0 Å². The Morgan fingerprint density at radius 3 is 0.806 bits per heavy atom. The summed E-state index contributed by atoms with van der Waals surface area (Å²) >= 11 is 0. The van der Waals surface area contributed by atoms with E-state index in [0.29, 0.717) is 48.7 Å². The molecule has 0 spiro atoms. The third-order valence-corrected chi connectivity index (χ3v) is 12.1. The molecule has 0 N–H and O–H groups in total. The SMILES string of the molecule is CCCCOc1ccc(N(c2ccc(/C=C/c3cc(C#N)c(/C=C/c4ccc(N(c5ccc(OCCCC)cc5)c5ccc(OCCCC)cc5)cc4)cc3C#N)cc2)c2ccc(OCCCC)cc2)cc1. The van der Waals surface area contributed by atoms with Gasteiger partial charge in [-0.25, -0.2) is 0 Å². The fraction of sp³-hybridized carbons (Fsp3) is 0.250. The average Bonchev–Trinajstić information content (AvgIpc) is 3.42. The molecule has 0 aliphatic heterocycles. The summed E-state index contributed by atoms with van der Waals surface area (Å²) in [6.07, 6.45) is 16.1. The Morgan fingerprint density at radius 2 is 0.583 bits per heavy atom. The minimum absolute atomic E-state index is 0.478. The lowest BCUT2D eigenvalue weighted by molar-refractivity contribution is 0.309. The van der Waals surface area contributed by atoms with Gasteiger partial charge in [0.2, 0.25) is 0 Å². The maximum absolute atomic E-state index is 10.3. The van der Waals surface area contributed by atoms with Crippen molar-refractivity contribution in [1.29, 1.82) is 10.5 Å². The van der Waals surface area contributed by atoms with Gasteiger partial charge < -0.3 is 28.7 Å². The first kappa shape index (κ1) is 51.6. The predicted molar refractivity (Wildman–Crippen MR) is 298 cm³/mol. The first-order valence-electron chi connectivity index (χ1n) is 25.5. The summed E-state index contributed by atoms with van der Waals surface area (Å²) in [6, 6.07) is 57.7. The van der Waals surface area contributed by atoms with Gasteiger partial charge in [0.15, 0.2) is 0 Å². The lowest BCUT2D eigenvalue weighted by Gasteiger charge is -2.26. The molecule has 8 heteroatoms. The van der Waals surface area contributed by atoms with Gasteiger partial charge in [0.1, 0.15) is 23.0 Å². The van der Waals surface area contributed by atoms with Gasteiger partial charge >= 0.3 is 0 Å². The second-order valence-corrected chi connectivity index (χ2v) is 17.6. The van der Waals surface area contributed by atoms with Crippen LogP contribution in [0.3, 0.4) is 0 Å². The quantitative estimate of drug-likeness (QED) is 0.0392. The molecule has 0 unspecified atom stereocenters. The van der Waals surface area contributed by atoms with Crippen LogP contribution in [0, 0.1) is 22.7 Å². The molecule has 0 saturated heterocycles. The second kappa shape index (κ2) is 27.3. The van der Waals surface area contributed by atoms with Crippen LogP contribution in [0.4, 0.5) is 34.1 Å². The number of unbranched alkanes of at least 4 members (excludes halogenated alkanes) is 4.